The number of halogens is 1. The fourth-order valence-corrected chi connectivity index (χ4v) is 2.93. The Bertz CT molecular complexity index is 1090. The van der Waals surface area contributed by atoms with Crippen molar-refractivity contribution in [3.05, 3.63) is 76.8 Å². The van der Waals surface area contributed by atoms with E-state index in [1.807, 2.05) is 31.2 Å². The number of hydrogen-bond acceptors (Lipinski definition) is 4. The molecule has 0 atom stereocenters. The number of nitrogens with one attached hydrogen (secondary N) is 1. The van der Waals surface area contributed by atoms with Gasteiger partial charge in [-0.3, -0.25) is 9.78 Å². The van der Waals surface area contributed by atoms with Gasteiger partial charge in [-0.2, -0.15) is 5.26 Å². The Morgan fingerprint density at radius 2 is 1.86 bits per heavy atom. The summed E-state index contributed by atoms with van der Waals surface area (Å²) in [7, 11) is 0. The predicted octanol–water partition coefficient (Wildman–Crippen LogP) is 5.16. The molecule has 3 rings (SSSR count). The Hall–Kier alpha value is -3.23. The summed E-state index contributed by atoms with van der Waals surface area (Å²) in [6.45, 7) is 5.53. The number of hydrogen-bond donors (Lipinski definition) is 1. The summed E-state index contributed by atoms with van der Waals surface area (Å²) in [5, 5.41) is 12.6. The monoisotopic (exact) mass is 390 g/mol. The number of nitrogens with zero attached hydrogens (tertiary/aromatic N) is 3. The van der Waals surface area contributed by atoms with Crippen molar-refractivity contribution in [3.63, 3.8) is 0 Å². The van der Waals surface area contributed by atoms with Crippen molar-refractivity contribution in [2.24, 2.45) is 0 Å². The van der Waals surface area contributed by atoms with E-state index in [4.69, 9.17) is 11.6 Å². The number of pyridine rings is 2. The molecule has 1 aromatic carbocycles. The first kappa shape index (κ1) is 19.5. The second-order valence-corrected chi connectivity index (χ2v) is 7.40. The average Bonchev–Trinajstić information content (AvgIpc) is 2.69. The molecule has 0 aliphatic heterocycles. The molecule has 5 nitrogen and oxygen atoms in total. The third-order valence-corrected chi connectivity index (χ3v) is 4.68. The number of amides is 1. The Labute approximate surface area is 169 Å². The van der Waals surface area contributed by atoms with Gasteiger partial charge in [-0.05, 0) is 73.9 Å². The molecule has 0 unspecified atom stereocenters. The summed E-state index contributed by atoms with van der Waals surface area (Å²) >= 11 is 6.01. The molecular formula is C22H19ClN4O. The molecule has 0 fully saturated rings. The van der Waals surface area contributed by atoms with E-state index in [2.05, 4.69) is 21.4 Å². The number of carbonyl (C=O) groups is 1. The van der Waals surface area contributed by atoms with Crippen molar-refractivity contribution in [2.75, 3.05) is 5.32 Å². The number of aryl methyl sites for hydroxylation is 1. The second kappa shape index (κ2) is 7.79. The molecular weight excluding hydrogens is 372 g/mol. The highest BCUT2D eigenvalue weighted by molar-refractivity contribution is 6.29. The normalized spacial score (nSPS) is 11.0. The molecule has 0 radical (unpaired) electrons. The van der Waals surface area contributed by atoms with Gasteiger partial charge in [0.1, 0.15) is 5.15 Å². The van der Waals surface area contributed by atoms with E-state index in [1.165, 1.54) is 0 Å². The molecule has 1 N–H and O–H groups in total. The van der Waals surface area contributed by atoms with E-state index in [0.717, 1.165) is 16.7 Å². The fraction of sp³-hybridized carbons (Fsp3) is 0.182. The van der Waals surface area contributed by atoms with Crippen LogP contribution in [0.5, 0.6) is 0 Å². The summed E-state index contributed by atoms with van der Waals surface area (Å²) in [4.78, 5) is 20.9. The van der Waals surface area contributed by atoms with Gasteiger partial charge in [0.25, 0.3) is 5.91 Å². The highest BCUT2D eigenvalue weighted by atomic mass is 35.5. The molecule has 140 valence electrons. The van der Waals surface area contributed by atoms with E-state index >= 15 is 0 Å². The van der Waals surface area contributed by atoms with Crippen molar-refractivity contribution in [1.82, 2.24) is 9.97 Å². The van der Waals surface area contributed by atoms with Gasteiger partial charge in [-0.1, -0.05) is 17.7 Å². The minimum atomic E-state index is -0.770. The number of aromatic nitrogens is 2. The van der Waals surface area contributed by atoms with Crippen LogP contribution in [0, 0.1) is 18.3 Å². The van der Waals surface area contributed by atoms with Crippen LogP contribution in [-0.4, -0.2) is 15.9 Å². The molecule has 0 bridgehead atoms. The van der Waals surface area contributed by atoms with Crippen molar-refractivity contribution in [1.29, 1.82) is 5.26 Å². The Morgan fingerprint density at radius 1 is 1.11 bits per heavy atom. The van der Waals surface area contributed by atoms with Gasteiger partial charge in [-0.15, -0.1) is 0 Å². The number of nitriles is 1. The fourth-order valence-electron chi connectivity index (χ4n) is 2.75. The summed E-state index contributed by atoms with van der Waals surface area (Å²) in [6.07, 6.45) is 3.20. The molecule has 0 spiro atoms. The first-order valence-corrected chi connectivity index (χ1v) is 9.10. The zero-order valence-electron chi connectivity index (χ0n) is 15.8. The third kappa shape index (κ3) is 4.19. The largest absolute Gasteiger partial charge is 0.322 e. The van der Waals surface area contributed by atoms with E-state index in [0.29, 0.717) is 22.1 Å². The van der Waals surface area contributed by atoms with Gasteiger partial charge < -0.3 is 5.32 Å². The van der Waals surface area contributed by atoms with E-state index < -0.39 is 5.41 Å². The zero-order valence-corrected chi connectivity index (χ0v) is 16.6. The SMILES string of the molecule is Cc1ccc(NC(=O)c2ccnc(C(C)(C)C#N)c2)cc1-c1ccnc(Cl)c1. The van der Waals surface area contributed by atoms with Gasteiger partial charge in [0.2, 0.25) is 0 Å². The Balaban J connectivity index is 1.89. The van der Waals surface area contributed by atoms with Crippen LogP contribution in [0.4, 0.5) is 5.69 Å². The quantitative estimate of drug-likeness (QED) is 0.624. The third-order valence-electron chi connectivity index (χ3n) is 4.47. The van der Waals surface area contributed by atoms with Crippen LogP contribution in [0.15, 0.2) is 54.9 Å². The molecule has 0 aliphatic carbocycles. The Kier molecular flexibility index (Phi) is 5.43. The summed E-state index contributed by atoms with van der Waals surface area (Å²) in [5.41, 5.74) is 3.84. The second-order valence-electron chi connectivity index (χ2n) is 7.02. The lowest BCUT2D eigenvalue weighted by Gasteiger charge is -2.15. The van der Waals surface area contributed by atoms with Crippen LogP contribution in [0.3, 0.4) is 0 Å². The first-order valence-electron chi connectivity index (χ1n) is 8.72. The Morgan fingerprint density at radius 3 is 2.57 bits per heavy atom. The number of carbonyl (C=O) groups excluding carboxylic acids is 1. The molecule has 6 heteroatoms. The smallest absolute Gasteiger partial charge is 0.255 e. The lowest BCUT2D eigenvalue weighted by molar-refractivity contribution is 0.102. The number of anilines is 1. The van der Waals surface area contributed by atoms with Crippen molar-refractivity contribution < 1.29 is 4.79 Å². The van der Waals surface area contributed by atoms with Crippen LogP contribution in [-0.2, 0) is 5.41 Å². The van der Waals surface area contributed by atoms with Crippen LogP contribution in [0.25, 0.3) is 11.1 Å². The van der Waals surface area contributed by atoms with E-state index in [1.54, 1.807) is 44.4 Å². The summed E-state index contributed by atoms with van der Waals surface area (Å²) < 4.78 is 0. The van der Waals surface area contributed by atoms with Gasteiger partial charge in [0.05, 0.1) is 17.2 Å². The van der Waals surface area contributed by atoms with Gasteiger partial charge >= 0.3 is 0 Å². The highest BCUT2D eigenvalue weighted by Gasteiger charge is 2.22. The van der Waals surface area contributed by atoms with Crippen molar-refractivity contribution in [3.8, 4) is 17.2 Å². The number of rotatable bonds is 4. The van der Waals surface area contributed by atoms with E-state index in [-0.39, 0.29) is 5.91 Å². The lowest BCUT2D eigenvalue weighted by Crippen LogP contribution is -2.18. The minimum Gasteiger partial charge on any atom is -0.322 e. The topological polar surface area (TPSA) is 78.7 Å². The van der Waals surface area contributed by atoms with Crippen LogP contribution in [0.1, 0.15) is 35.5 Å². The van der Waals surface area contributed by atoms with Crippen LogP contribution < -0.4 is 5.32 Å². The van der Waals surface area contributed by atoms with Crippen LogP contribution >= 0.6 is 11.6 Å². The zero-order chi connectivity index (χ0) is 20.3. The van der Waals surface area contributed by atoms with Crippen molar-refractivity contribution >= 4 is 23.2 Å². The maximum atomic E-state index is 12.7. The number of benzene rings is 1. The van der Waals surface area contributed by atoms with Gasteiger partial charge in [0.15, 0.2) is 0 Å². The molecule has 0 saturated heterocycles. The molecule has 2 aromatic heterocycles. The average molecular weight is 391 g/mol. The van der Waals surface area contributed by atoms with Crippen molar-refractivity contribution in [2.45, 2.75) is 26.2 Å². The van der Waals surface area contributed by atoms with Gasteiger partial charge in [-0.25, -0.2) is 4.98 Å². The highest BCUT2D eigenvalue weighted by Crippen LogP contribution is 2.28. The minimum absolute atomic E-state index is 0.264. The van der Waals surface area contributed by atoms with E-state index in [9.17, 15) is 10.1 Å². The summed E-state index contributed by atoms with van der Waals surface area (Å²) in [5.74, 6) is -0.264. The molecule has 3 aromatic rings. The molecule has 0 saturated carbocycles. The predicted molar refractivity (Wildman–Crippen MR) is 110 cm³/mol. The molecule has 1 amide bonds. The lowest BCUT2D eigenvalue weighted by atomic mass is 9.90. The summed E-state index contributed by atoms with van der Waals surface area (Å²) in [6, 6.07) is 14.8. The van der Waals surface area contributed by atoms with Gasteiger partial charge in [0, 0.05) is 23.6 Å². The molecule has 0 aliphatic rings. The molecule has 28 heavy (non-hydrogen) atoms. The maximum absolute atomic E-state index is 12.7. The first-order chi connectivity index (χ1) is 13.3. The standard InChI is InChI=1S/C22H19ClN4O/c1-14-4-5-17(12-18(14)15-6-9-26-20(23)11-15)27-21(28)16-7-8-25-19(10-16)22(2,3)13-24/h4-12H,1-3H3,(H,27,28). The molecule has 2 heterocycles. The maximum Gasteiger partial charge on any atom is 0.255 e. The van der Waals surface area contributed by atoms with Crippen LogP contribution in [0.2, 0.25) is 5.15 Å².